The van der Waals surface area contributed by atoms with Crippen LogP contribution in [0.15, 0.2) is 77.7 Å². The van der Waals surface area contributed by atoms with Crippen molar-refractivity contribution in [3.8, 4) is 5.75 Å². The molecular formula is C24H20I2O3S. The number of aryl methyl sites for hydroxylation is 1. The first-order valence-electron chi connectivity index (χ1n) is 9.23. The summed E-state index contributed by atoms with van der Waals surface area (Å²) in [5.74, 6) is 0.421. The zero-order chi connectivity index (χ0) is 21.5. The van der Waals surface area contributed by atoms with Crippen molar-refractivity contribution >= 4 is 68.5 Å². The van der Waals surface area contributed by atoms with E-state index in [0.29, 0.717) is 5.75 Å². The molecule has 0 radical (unpaired) electrons. The average molecular weight is 642 g/mol. The van der Waals surface area contributed by atoms with E-state index < -0.39 is 5.97 Å². The Balaban J connectivity index is 1.83. The van der Waals surface area contributed by atoms with Crippen molar-refractivity contribution in [1.29, 1.82) is 0 Å². The van der Waals surface area contributed by atoms with E-state index in [9.17, 15) is 4.79 Å². The van der Waals surface area contributed by atoms with Gasteiger partial charge < -0.3 is 9.84 Å². The number of carboxylic acids is 1. The van der Waals surface area contributed by atoms with E-state index >= 15 is 0 Å². The number of ether oxygens (including phenoxy) is 1. The van der Waals surface area contributed by atoms with Crippen molar-refractivity contribution in [3.63, 3.8) is 0 Å². The molecule has 0 bridgehead atoms. The Morgan fingerprint density at radius 3 is 2.13 bits per heavy atom. The van der Waals surface area contributed by atoms with Crippen LogP contribution in [0.5, 0.6) is 5.75 Å². The highest BCUT2D eigenvalue weighted by Gasteiger charge is 2.11. The molecule has 30 heavy (non-hydrogen) atoms. The zero-order valence-corrected chi connectivity index (χ0v) is 21.4. The molecule has 0 saturated heterocycles. The molecule has 0 aliphatic heterocycles. The van der Waals surface area contributed by atoms with Crippen molar-refractivity contribution in [2.45, 2.75) is 11.8 Å². The zero-order valence-electron chi connectivity index (χ0n) is 16.3. The van der Waals surface area contributed by atoms with Crippen molar-refractivity contribution in [2.75, 3.05) is 12.4 Å². The van der Waals surface area contributed by atoms with Crippen LogP contribution in [0.3, 0.4) is 0 Å². The Kier molecular flexibility index (Phi) is 8.64. The standard InChI is InChI=1S/C24H20I2O3S/c1-16-14-17(29-15-24(27)28)10-11-23(16)30-13-12-18(19-6-2-4-8-21(19)25)20-7-3-5-9-22(20)26/h2-12,14H,13,15H2,1H3,(H,27,28). The fourth-order valence-electron chi connectivity index (χ4n) is 2.96. The van der Waals surface area contributed by atoms with Crippen LogP contribution >= 0.6 is 56.9 Å². The molecule has 3 aromatic carbocycles. The lowest BCUT2D eigenvalue weighted by atomic mass is 9.98. The first kappa shape index (κ1) is 23.1. The van der Waals surface area contributed by atoms with E-state index in [-0.39, 0.29) is 6.61 Å². The predicted octanol–water partition coefficient (Wildman–Crippen LogP) is 6.89. The second kappa shape index (κ2) is 11.2. The summed E-state index contributed by atoms with van der Waals surface area (Å²) >= 11 is 6.54. The highest BCUT2D eigenvalue weighted by atomic mass is 127. The van der Waals surface area contributed by atoms with Gasteiger partial charge in [-0.2, -0.15) is 0 Å². The minimum atomic E-state index is -0.977. The van der Waals surface area contributed by atoms with Crippen molar-refractivity contribution in [2.24, 2.45) is 0 Å². The number of hydrogen-bond donors (Lipinski definition) is 1. The molecule has 3 aromatic rings. The molecule has 0 aliphatic carbocycles. The predicted molar refractivity (Wildman–Crippen MR) is 140 cm³/mol. The molecule has 154 valence electrons. The maximum absolute atomic E-state index is 10.7. The second-order valence-corrected chi connectivity index (χ2v) is 9.88. The minimum Gasteiger partial charge on any atom is -0.482 e. The van der Waals surface area contributed by atoms with Crippen molar-refractivity contribution in [3.05, 3.63) is 96.6 Å². The van der Waals surface area contributed by atoms with E-state index in [1.54, 1.807) is 11.8 Å². The van der Waals surface area contributed by atoms with E-state index in [4.69, 9.17) is 9.84 Å². The molecule has 0 heterocycles. The van der Waals surface area contributed by atoms with Gasteiger partial charge in [0, 0.05) is 17.8 Å². The molecule has 1 N–H and O–H groups in total. The molecule has 0 spiro atoms. The van der Waals surface area contributed by atoms with Gasteiger partial charge in [-0.05, 0) is 105 Å². The highest BCUT2D eigenvalue weighted by Crippen LogP contribution is 2.32. The minimum absolute atomic E-state index is 0.330. The number of thioether (sulfide) groups is 1. The smallest absolute Gasteiger partial charge is 0.341 e. The van der Waals surface area contributed by atoms with Gasteiger partial charge in [-0.3, -0.25) is 0 Å². The van der Waals surface area contributed by atoms with E-state index in [2.05, 4.69) is 99.8 Å². The first-order chi connectivity index (χ1) is 14.5. The fourth-order valence-corrected chi connectivity index (χ4v) is 5.19. The Morgan fingerprint density at radius 1 is 1.00 bits per heavy atom. The Morgan fingerprint density at radius 2 is 1.60 bits per heavy atom. The van der Waals surface area contributed by atoms with Crippen LogP contribution in [-0.4, -0.2) is 23.4 Å². The monoisotopic (exact) mass is 642 g/mol. The number of aliphatic carboxylic acids is 1. The molecule has 0 amide bonds. The van der Waals surface area contributed by atoms with Crippen LogP contribution in [0, 0.1) is 14.1 Å². The molecule has 0 saturated carbocycles. The number of rotatable bonds is 8. The summed E-state index contributed by atoms with van der Waals surface area (Å²) in [6.07, 6.45) is 2.29. The molecule has 0 unspecified atom stereocenters. The van der Waals surface area contributed by atoms with Crippen LogP contribution in [0.2, 0.25) is 0 Å². The van der Waals surface area contributed by atoms with Crippen LogP contribution in [-0.2, 0) is 4.79 Å². The lowest BCUT2D eigenvalue weighted by Gasteiger charge is -2.13. The van der Waals surface area contributed by atoms with E-state index in [1.807, 2.05) is 25.1 Å². The Hall–Kier alpha value is -1.52. The summed E-state index contributed by atoms with van der Waals surface area (Å²) < 4.78 is 7.71. The summed E-state index contributed by atoms with van der Waals surface area (Å²) in [6, 6.07) is 22.6. The van der Waals surface area contributed by atoms with Gasteiger partial charge in [0.25, 0.3) is 0 Å². The van der Waals surface area contributed by atoms with Crippen LogP contribution in [0.4, 0.5) is 0 Å². The van der Waals surface area contributed by atoms with E-state index in [0.717, 1.165) is 16.2 Å². The SMILES string of the molecule is Cc1cc(OCC(=O)O)ccc1SCC=C(c1ccccc1I)c1ccccc1I. The first-order valence-corrected chi connectivity index (χ1v) is 12.4. The van der Waals surface area contributed by atoms with Gasteiger partial charge in [0.15, 0.2) is 6.61 Å². The van der Waals surface area contributed by atoms with Crippen molar-refractivity contribution in [1.82, 2.24) is 0 Å². The van der Waals surface area contributed by atoms with Gasteiger partial charge in [-0.15, -0.1) is 11.8 Å². The molecule has 6 heteroatoms. The lowest BCUT2D eigenvalue weighted by Crippen LogP contribution is -2.09. The van der Waals surface area contributed by atoms with Crippen LogP contribution in [0.1, 0.15) is 16.7 Å². The normalized spacial score (nSPS) is 10.5. The molecule has 0 aliphatic rings. The van der Waals surface area contributed by atoms with Gasteiger partial charge in [0.05, 0.1) is 0 Å². The summed E-state index contributed by atoms with van der Waals surface area (Å²) in [4.78, 5) is 11.8. The summed E-state index contributed by atoms with van der Waals surface area (Å²) in [6.45, 7) is 1.68. The number of hydrogen-bond acceptors (Lipinski definition) is 3. The number of benzene rings is 3. The fraction of sp³-hybridized carbons (Fsp3) is 0.125. The quantitative estimate of drug-likeness (QED) is 0.215. The van der Waals surface area contributed by atoms with Crippen LogP contribution < -0.4 is 4.74 Å². The van der Waals surface area contributed by atoms with Gasteiger partial charge in [0.1, 0.15) is 5.75 Å². The molecule has 3 rings (SSSR count). The Bertz CT molecular complexity index is 1030. The largest absolute Gasteiger partial charge is 0.482 e. The molecular weight excluding hydrogens is 622 g/mol. The highest BCUT2D eigenvalue weighted by molar-refractivity contribution is 14.1. The van der Waals surface area contributed by atoms with Gasteiger partial charge >= 0.3 is 5.97 Å². The molecule has 0 aromatic heterocycles. The number of carboxylic acid groups (broad SMARTS) is 1. The molecule has 3 nitrogen and oxygen atoms in total. The maximum atomic E-state index is 10.7. The lowest BCUT2D eigenvalue weighted by molar-refractivity contribution is -0.139. The third-order valence-electron chi connectivity index (χ3n) is 4.36. The van der Waals surface area contributed by atoms with Gasteiger partial charge in [0.2, 0.25) is 0 Å². The topological polar surface area (TPSA) is 46.5 Å². The van der Waals surface area contributed by atoms with E-state index in [1.165, 1.54) is 23.8 Å². The van der Waals surface area contributed by atoms with Gasteiger partial charge in [-0.1, -0.05) is 42.5 Å². The summed E-state index contributed by atoms with van der Waals surface area (Å²) in [7, 11) is 0. The molecule has 0 fully saturated rings. The average Bonchev–Trinajstić information content (AvgIpc) is 2.72. The number of carbonyl (C=O) groups is 1. The summed E-state index contributed by atoms with van der Waals surface area (Å²) in [5, 5.41) is 8.76. The Labute approximate surface area is 208 Å². The number of halogens is 2. The summed E-state index contributed by atoms with van der Waals surface area (Å²) in [5.41, 5.74) is 4.77. The second-order valence-electron chi connectivity index (χ2n) is 6.50. The third-order valence-corrected chi connectivity index (χ3v) is 7.35. The maximum Gasteiger partial charge on any atom is 0.341 e. The third kappa shape index (κ3) is 6.24. The van der Waals surface area contributed by atoms with Crippen LogP contribution in [0.25, 0.3) is 5.57 Å². The van der Waals surface area contributed by atoms with Crippen molar-refractivity contribution < 1.29 is 14.6 Å². The molecule has 0 atom stereocenters. The van der Waals surface area contributed by atoms with Gasteiger partial charge in [-0.25, -0.2) is 4.79 Å².